The van der Waals surface area contributed by atoms with Gasteiger partial charge in [0.1, 0.15) is 0 Å². The molecule has 5 nitrogen and oxygen atoms in total. The van der Waals surface area contributed by atoms with Crippen molar-refractivity contribution in [3.63, 3.8) is 0 Å². The van der Waals surface area contributed by atoms with Crippen molar-refractivity contribution in [3.8, 4) is 0 Å². The summed E-state index contributed by atoms with van der Waals surface area (Å²) in [5.41, 5.74) is 7.39. The largest absolute Gasteiger partial charge is 0.399 e. The Morgan fingerprint density at radius 3 is 2.90 bits per heavy atom. The predicted molar refractivity (Wildman–Crippen MR) is 79.1 cm³/mol. The smallest absolute Gasteiger partial charge is 0.229 e. The molecule has 0 unspecified atom stereocenters. The van der Waals surface area contributed by atoms with Crippen molar-refractivity contribution in [2.45, 2.75) is 0 Å². The summed E-state index contributed by atoms with van der Waals surface area (Å²) in [5, 5.41) is 5.63. The molecular weight excluding hydrogens is 257 g/mol. The number of nitrogen functional groups attached to an aromatic ring is 1. The Balaban J connectivity index is 2.24. The van der Waals surface area contributed by atoms with Crippen LogP contribution in [-0.2, 0) is 0 Å². The molecule has 20 heavy (non-hydrogen) atoms. The van der Waals surface area contributed by atoms with Crippen LogP contribution in [0.4, 0.5) is 27.5 Å². The molecule has 1 heterocycles. The second kappa shape index (κ2) is 5.83. The Bertz CT molecular complexity index is 654. The first-order valence-corrected chi connectivity index (χ1v) is 5.82. The maximum Gasteiger partial charge on any atom is 0.229 e. The molecule has 0 spiro atoms. The summed E-state index contributed by atoms with van der Waals surface area (Å²) in [6.07, 6.45) is 2.58. The quantitative estimate of drug-likeness (QED) is 0.575. The fourth-order valence-corrected chi connectivity index (χ4v) is 1.46. The number of anilines is 4. The van der Waals surface area contributed by atoms with Crippen LogP contribution in [0.25, 0.3) is 0 Å². The van der Waals surface area contributed by atoms with Crippen molar-refractivity contribution in [2.24, 2.45) is 0 Å². The lowest BCUT2D eigenvalue weighted by Gasteiger charge is -2.09. The Labute approximate surface area is 116 Å². The molecule has 0 radical (unpaired) electrons. The summed E-state index contributed by atoms with van der Waals surface area (Å²) in [4.78, 5) is 7.84. The van der Waals surface area contributed by atoms with Gasteiger partial charge in [0, 0.05) is 17.1 Å². The van der Waals surface area contributed by atoms with E-state index in [0.29, 0.717) is 17.1 Å². The van der Waals surface area contributed by atoms with E-state index in [1.807, 2.05) is 0 Å². The lowest BCUT2D eigenvalue weighted by atomic mass is 10.3. The van der Waals surface area contributed by atoms with Gasteiger partial charge in [-0.15, -0.1) is 0 Å². The van der Waals surface area contributed by atoms with Crippen molar-refractivity contribution in [2.75, 3.05) is 16.4 Å². The molecule has 0 fully saturated rings. The molecule has 0 atom stereocenters. The number of nitrogens with zero attached hydrogens (tertiary/aromatic N) is 2. The SMILES string of the molecule is C=CC(=C)Nc1ncc(F)c(Nc2cccc(N)c2)n1. The highest BCUT2D eigenvalue weighted by Gasteiger charge is 2.07. The van der Waals surface area contributed by atoms with Crippen LogP contribution in [0.1, 0.15) is 0 Å². The Hall–Kier alpha value is -2.89. The van der Waals surface area contributed by atoms with Crippen LogP contribution < -0.4 is 16.4 Å². The molecule has 0 aliphatic carbocycles. The number of nitrogens with one attached hydrogen (secondary N) is 2. The van der Waals surface area contributed by atoms with Crippen LogP contribution in [-0.4, -0.2) is 9.97 Å². The Morgan fingerprint density at radius 2 is 2.20 bits per heavy atom. The minimum atomic E-state index is -0.567. The van der Waals surface area contributed by atoms with Gasteiger partial charge in [-0.1, -0.05) is 19.2 Å². The van der Waals surface area contributed by atoms with Gasteiger partial charge in [-0.25, -0.2) is 9.37 Å². The molecule has 2 aromatic rings. The summed E-state index contributed by atoms with van der Waals surface area (Å²) < 4.78 is 13.7. The molecule has 0 saturated heterocycles. The molecule has 2 rings (SSSR count). The number of hydrogen-bond acceptors (Lipinski definition) is 5. The normalized spacial score (nSPS) is 9.85. The van der Waals surface area contributed by atoms with Crippen LogP contribution in [0.2, 0.25) is 0 Å². The van der Waals surface area contributed by atoms with E-state index in [0.717, 1.165) is 6.20 Å². The highest BCUT2D eigenvalue weighted by Crippen LogP contribution is 2.20. The minimum absolute atomic E-state index is 0.0463. The minimum Gasteiger partial charge on any atom is -0.399 e. The third-order valence-electron chi connectivity index (χ3n) is 2.41. The van der Waals surface area contributed by atoms with E-state index in [4.69, 9.17) is 5.73 Å². The molecule has 6 heteroatoms. The third-order valence-corrected chi connectivity index (χ3v) is 2.41. The van der Waals surface area contributed by atoms with Gasteiger partial charge >= 0.3 is 0 Å². The molecule has 102 valence electrons. The number of aromatic nitrogens is 2. The van der Waals surface area contributed by atoms with E-state index in [9.17, 15) is 4.39 Å². The first kappa shape index (κ1) is 13.5. The Morgan fingerprint density at radius 1 is 1.40 bits per heavy atom. The van der Waals surface area contributed by atoms with Gasteiger partial charge in [0.05, 0.1) is 6.20 Å². The number of allylic oxidation sites excluding steroid dienone is 1. The third kappa shape index (κ3) is 3.32. The predicted octanol–water partition coefficient (Wildman–Crippen LogP) is 3.05. The van der Waals surface area contributed by atoms with Gasteiger partial charge in [0.2, 0.25) is 5.95 Å². The highest BCUT2D eigenvalue weighted by atomic mass is 19.1. The van der Waals surface area contributed by atoms with Crippen molar-refractivity contribution in [1.82, 2.24) is 9.97 Å². The van der Waals surface area contributed by atoms with Gasteiger partial charge in [-0.3, -0.25) is 0 Å². The summed E-state index contributed by atoms with van der Waals surface area (Å²) >= 11 is 0. The zero-order valence-electron chi connectivity index (χ0n) is 10.7. The number of hydrogen-bond donors (Lipinski definition) is 3. The fraction of sp³-hybridized carbons (Fsp3) is 0. The van der Waals surface area contributed by atoms with Crippen LogP contribution >= 0.6 is 0 Å². The zero-order valence-corrected chi connectivity index (χ0v) is 10.7. The zero-order chi connectivity index (χ0) is 14.5. The van der Waals surface area contributed by atoms with Crippen molar-refractivity contribution in [1.29, 1.82) is 0 Å². The lowest BCUT2D eigenvalue weighted by Crippen LogP contribution is -2.05. The van der Waals surface area contributed by atoms with E-state index in [2.05, 4.69) is 33.8 Å². The van der Waals surface area contributed by atoms with Crippen LogP contribution in [0, 0.1) is 5.82 Å². The average Bonchev–Trinajstić information content (AvgIpc) is 2.42. The lowest BCUT2D eigenvalue weighted by molar-refractivity contribution is 0.619. The summed E-state index contributed by atoms with van der Waals surface area (Å²) in [6.45, 7) is 7.23. The molecule has 1 aromatic heterocycles. The second-order valence-electron chi connectivity index (χ2n) is 3.99. The topological polar surface area (TPSA) is 75.9 Å². The number of benzene rings is 1. The van der Waals surface area contributed by atoms with Gasteiger partial charge < -0.3 is 16.4 Å². The average molecular weight is 271 g/mol. The van der Waals surface area contributed by atoms with Gasteiger partial charge in [0.25, 0.3) is 0 Å². The number of rotatable bonds is 5. The fourth-order valence-electron chi connectivity index (χ4n) is 1.46. The standard InChI is InChI=1S/C14H14FN5/c1-3-9(2)18-14-17-8-12(15)13(20-14)19-11-6-4-5-10(16)7-11/h3-8H,1-2,16H2,(H2,17,18,19,20). The molecule has 4 N–H and O–H groups in total. The van der Waals surface area contributed by atoms with Crippen molar-refractivity contribution >= 4 is 23.1 Å². The van der Waals surface area contributed by atoms with E-state index in [1.54, 1.807) is 24.3 Å². The first-order valence-electron chi connectivity index (χ1n) is 5.82. The molecular formula is C14H14FN5. The summed E-state index contributed by atoms with van der Waals surface area (Å²) in [6, 6.07) is 6.93. The van der Waals surface area contributed by atoms with E-state index < -0.39 is 5.82 Å². The second-order valence-corrected chi connectivity index (χ2v) is 3.99. The maximum atomic E-state index is 13.7. The molecule has 0 bridgehead atoms. The Kier molecular flexibility index (Phi) is 3.95. The van der Waals surface area contributed by atoms with Gasteiger partial charge in [-0.05, 0) is 24.3 Å². The monoisotopic (exact) mass is 271 g/mol. The summed E-state index contributed by atoms with van der Waals surface area (Å²) in [5.74, 6) is -0.296. The van der Waals surface area contributed by atoms with Gasteiger partial charge in [0.15, 0.2) is 11.6 Å². The van der Waals surface area contributed by atoms with Crippen LogP contribution in [0.5, 0.6) is 0 Å². The summed E-state index contributed by atoms with van der Waals surface area (Å²) in [7, 11) is 0. The molecule has 1 aromatic carbocycles. The molecule has 0 aliphatic heterocycles. The number of halogens is 1. The van der Waals surface area contributed by atoms with E-state index in [-0.39, 0.29) is 11.8 Å². The van der Waals surface area contributed by atoms with Crippen LogP contribution in [0.3, 0.4) is 0 Å². The van der Waals surface area contributed by atoms with Gasteiger partial charge in [-0.2, -0.15) is 4.98 Å². The first-order chi connectivity index (χ1) is 9.58. The molecule has 0 amide bonds. The number of nitrogens with two attached hydrogens (primary N) is 1. The van der Waals surface area contributed by atoms with Crippen LogP contribution in [0.15, 0.2) is 55.4 Å². The molecule has 0 aliphatic rings. The van der Waals surface area contributed by atoms with E-state index >= 15 is 0 Å². The van der Waals surface area contributed by atoms with Crippen molar-refractivity contribution in [3.05, 3.63) is 61.2 Å². The highest BCUT2D eigenvalue weighted by molar-refractivity contribution is 5.62. The molecule has 0 saturated carbocycles. The van der Waals surface area contributed by atoms with E-state index in [1.165, 1.54) is 6.08 Å². The maximum absolute atomic E-state index is 13.7. The van der Waals surface area contributed by atoms with Crippen molar-refractivity contribution < 1.29 is 4.39 Å².